The van der Waals surface area contributed by atoms with E-state index in [1.165, 1.54) is 0 Å². The van der Waals surface area contributed by atoms with Crippen molar-refractivity contribution in [2.24, 2.45) is 0 Å². The molecule has 78 valence electrons. The van der Waals surface area contributed by atoms with Crippen LogP contribution in [-0.2, 0) is 10.4 Å². The Balaban J connectivity index is 0.000000252. The minimum Gasteiger partial charge on any atom is -0.326 e. The monoisotopic (exact) mass is 212 g/mol. The van der Waals surface area contributed by atoms with Crippen LogP contribution in [-0.4, -0.2) is 60.5 Å². The van der Waals surface area contributed by atoms with Crippen LogP contribution in [0, 0.1) is 0 Å². The predicted octanol–water partition coefficient (Wildman–Crippen LogP) is -0.669. The molecule has 1 aliphatic heterocycles. The zero-order chi connectivity index (χ0) is 10.6. The van der Waals surface area contributed by atoms with Gasteiger partial charge in [-0.3, -0.25) is 9.11 Å². The molecule has 0 atom stereocenters. The summed E-state index contributed by atoms with van der Waals surface area (Å²) in [5.74, 6) is 0. The summed E-state index contributed by atoms with van der Waals surface area (Å²) in [5.41, 5.74) is 0. The maximum atomic E-state index is 10.8. The minimum atomic E-state index is -4.67. The second kappa shape index (κ2) is 4.40. The van der Waals surface area contributed by atoms with Gasteiger partial charge in [-0.2, -0.15) is 8.42 Å². The van der Waals surface area contributed by atoms with Gasteiger partial charge in [0.25, 0.3) is 0 Å². The van der Waals surface area contributed by atoms with Crippen molar-refractivity contribution in [3.63, 3.8) is 0 Å². The molecule has 1 saturated heterocycles. The van der Waals surface area contributed by atoms with E-state index in [0.29, 0.717) is 0 Å². The summed E-state index contributed by atoms with van der Waals surface area (Å²) in [6, 6.07) is 0.130. The lowest BCUT2D eigenvalue weighted by molar-refractivity contribution is 0.205. The van der Waals surface area contributed by atoms with Gasteiger partial charge >= 0.3 is 16.4 Å². The first kappa shape index (κ1) is 12.1. The molecule has 7 nitrogen and oxygen atoms in total. The Hall–Kier alpha value is -0.860. The molecule has 1 aliphatic rings. The van der Waals surface area contributed by atoms with Gasteiger partial charge in [0.05, 0.1) is 0 Å². The Labute approximate surface area is 76.5 Å². The van der Waals surface area contributed by atoms with Crippen molar-refractivity contribution in [3.05, 3.63) is 0 Å². The largest absolute Gasteiger partial charge is 0.394 e. The molecule has 0 radical (unpaired) electrons. The molecule has 0 aromatic rings. The molecule has 2 amide bonds. The second-order valence-corrected chi connectivity index (χ2v) is 3.47. The van der Waals surface area contributed by atoms with Crippen LogP contribution >= 0.6 is 0 Å². The number of urea groups is 1. The average molecular weight is 212 g/mol. The molecule has 0 unspecified atom stereocenters. The fraction of sp³-hybridized carbons (Fsp3) is 0.800. The van der Waals surface area contributed by atoms with E-state index in [9.17, 15) is 4.79 Å². The van der Waals surface area contributed by atoms with Gasteiger partial charge < -0.3 is 9.80 Å². The van der Waals surface area contributed by atoms with Crippen molar-refractivity contribution < 1.29 is 22.3 Å². The van der Waals surface area contributed by atoms with E-state index in [4.69, 9.17) is 17.5 Å². The number of carbonyl (C=O) groups is 1. The topological polar surface area (TPSA) is 98.2 Å². The third-order valence-electron chi connectivity index (χ3n) is 1.42. The first-order valence-corrected chi connectivity index (χ1v) is 4.77. The van der Waals surface area contributed by atoms with Gasteiger partial charge in [0, 0.05) is 27.2 Å². The van der Waals surface area contributed by atoms with Gasteiger partial charge in [-0.1, -0.05) is 0 Å². The fourth-order valence-corrected chi connectivity index (χ4v) is 0.783. The fourth-order valence-electron chi connectivity index (χ4n) is 0.783. The zero-order valence-electron chi connectivity index (χ0n) is 7.34. The molecule has 8 heteroatoms. The quantitative estimate of drug-likeness (QED) is 0.519. The summed E-state index contributed by atoms with van der Waals surface area (Å²) in [7, 11) is -1.04. The van der Waals surface area contributed by atoms with Crippen LogP contribution in [0.3, 0.4) is 0 Å². The van der Waals surface area contributed by atoms with E-state index in [2.05, 4.69) is 0 Å². The van der Waals surface area contributed by atoms with Gasteiger partial charge in [0.2, 0.25) is 0 Å². The van der Waals surface area contributed by atoms with E-state index in [0.717, 1.165) is 13.1 Å². The predicted molar refractivity (Wildman–Crippen MR) is 44.8 cm³/mol. The molecule has 1 fully saturated rings. The second-order valence-electron chi connectivity index (χ2n) is 2.57. The number of hydrogen-bond acceptors (Lipinski definition) is 3. The van der Waals surface area contributed by atoms with Crippen LogP contribution in [0.1, 0.15) is 0 Å². The van der Waals surface area contributed by atoms with Gasteiger partial charge in [-0.25, -0.2) is 4.79 Å². The summed E-state index contributed by atoms with van der Waals surface area (Å²) in [4.78, 5) is 14.2. The number of amides is 2. The first-order valence-electron chi connectivity index (χ1n) is 3.38. The SMILES string of the molecule is CN1CCN(C)C1=O.O=S(=O)(O)O. The molecule has 0 aromatic carbocycles. The Bertz CT molecular complexity index is 255. The highest BCUT2D eigenvalue weighted by Gasteiger charge is 2.20. The van der Waals surface area contributed by atoms with Crippen LogP contribution in [0.25, 0.3) is 0 Å². The molecule has 0 bridgehead atoms. The summed E-state index contributed by atoms with van der Waals surface area (Å²) in [5, 5.41) is 0. The Morgan fingerprint density at radius 1 is 1.15 bits per heavy atom. The van der Waals surface area contributed by atoms with Crippen molar-refractivity contribution >= 4 is 16.4 Å². The van der Waals surface area contributed by atoms with Crippen LogP contribution in [0.4, 0.5) is 4.79 Å². The van der Waals surface area contributed by atoms with Crippen molar-refractivity contribution in [1.82, 2.24) is 9.80 Å². The van der Waals surface area contributed by atoms with E-state index < -0.39 is 10.4 Å². The summed E-state index contributed by atoms with van der Waals surface area (Å²) >= 11 is 0. The number of likely N-dealkylation sites (N-methyl/N-ethyl adjacent to an activating group) is 2. The molecule has 2 N–H and O–H groups in total. The summed E-state index contributed by atoms with van der Waals surface area (Å²) in [6.45, 7) is 1.74. The highest BCUT2D eigenvalue weighted by molar-refractivity contribution is 7.79. The molecule has 13 heavy (non-hydrogen) atoms. The number of carbonyl (C=O) groups excluding carboxylic acids is 1. The number of hydrogen-bond donors (Lipinski definition) is 2. The maximum Gasteiger partial charge on any atom is 0.394 e. The lowest BCUT2D eigenvalue weighted by atomic mass is 10.6. The lowest BCUT2D eigenvalue weighted by Gasteiger charge is -2.07. The zero-order valence-corrected chi connectivity index (χ0v) is 8.15. The average Bonchev–Trinajstić information content (AvgIpc) is 2.16. The highest BCUT2D eigenvalue weighted by atomic mass is 32.3. The van der Waals surface area contributed by atoms with Gasteiger partial charge in [0.1, 0.15) is 0 Å². The van der Waals surface area contributed by atoms with E-state index in [1.54, 1.807) is 9.80 Å². The lowest BCUT2D eigenvalue weighted by Crippen LogP contribution is -2.25. The molecule has 0 aliphatic carbocycles. The summed E-state index contributed by atoms with van der Waals surface area (Å²) < 4.78 is 31.6. The first-order chi connectivity index (χ1) is 5.72. The van der Waals surface area contributed by atoms with Crippen LogP contribution < -0.4 is 0 Å². The highest BCUT2D eigenvalue weighted by Crippen LogP contribution is 2.00. The summed E-state index contributed by atoms with van der Waals surface area (Å²) in [6.07, 6.45) is 0. The normalized spacial score (nSPS) is 17.1. The van der Waals surface area contributed by atoms with E-state index >= 15 is 0 Å². The molecule has 1 heterocycles. The standard InChI is InChI=1S/C5H10N2O.H2O4S/c1-6-3-4-7(2)5(6)8;1-5(2,3)4/h3-4H2,1-2H3;(H2,1,2,3,4). The van der Waals surface area contributed by atoms with Crippen LogP contribution in [0.15, 0.2) is 0 Å². The molecule has 0 saturated carbocycles. The van der Waals surface area contributed by atoms with Gasteiger partial charge in [0.15, 0.2) is 0 Å². The van der Waals surface area contributed by atoms with Crippen LogP contribution in [0.2, 0.25) is 0 Å². The number of nitrogens with zero attached hydrogens (tertiary/aromatic N) is 2. The Kier molecular flexibility index (Phi) is 4.11. The molecule has 1 rings (SSSR count). The Morgan fingerprint density at radius 2 is 1.38 bits per heavy atom. The molecule has 0 aromatic heterocycles. The van der Waals surface area contributed by atoms with Crippen molar-refractivity contribution in [3.8, 4) is 0 Å². The minimum absolute atomic E-state index is 0.130. The van der Waals surface area contributed by atoms with E-state index in [1.807, 2.05) is 14.1 Å². The Morgan fingerprint density at radius 3 is 1.46 bits per heavy atom. The van der Waals surface area contributed by atoms with Crippen molar-refractivity contribution in [2.45, 2.75) is 0 Å². The van der Waals surface area contributed by atoms with Crippen molar-refractivity contribution in [2.75, 3.05) is 27.2 Å². The maximum absolute atomic E-state index is 10.8. The van der Waals surface area contributed by atoms with Gasteiger partial charge in [-0.05, 0) is 0 Å². The van der Waals surface area contributed by atoms with E-state index in [-0.39, 0.29) is 6.03 Å². The molecular weight excluding hydrogens is 200 g/mol. The molecule has 0 spiro atoms. The third kappa shape index (κ3) is 6.31. The van der Waals surface area contributed by atoms with Crippen molar-refractivity contribution in [1.29, 1.82) is 0 Å². The number of rotatable bonds is 0. The van der Waals surface area contributed by atoms with Crippen LogP contribution in [0.5, 0.6) is 0 Å². The third-order valence-corrected chi connectivity index (χ3v) is 1.42. The smallest absolute Gasteiger partial charge is 0.326 e. The molecular formula is C5H12N2O5S. The van der Waals surface area contributed by atoms with Gasteiger partial charge in [-0.15, -0.1) is 0 Å².